The van der Waals surface area contributed by atoms with Gasteiger partial charge in [-0.2, -0.15) is 0 Å². The first-order valence-electron chi connectivity index (χ1n) is 2.82. The lowest BCUT2D eigenvalue weighted by molar-refractivity contribution is -0.121. The van der Waals surface area contributed by atoms with Crippen LogP contribution in [0.1, 0.15) is 20.3 Å². The Morgan fingerprint density at radius 2 is 2.00 bits per heavy atom. The van der Waals surface area contributed by atoms with Crippen LogP contribution in [-0.2, 0) is 4.79 Å². The van der Waals surface area contributed by atoms with Gasteiger partial charge in [0.25, 0.3) is 0 Å². The van der Waals surface area contributed by atoms with Gasteiger partial charge in [-0.05, 0) is 6.92 Å². The molecule has 9 heavy (non-hydrogen) atoms. The Labute approximate surface area is 53.1 Å². The Kier molecular flexibility index (Phi) is 3.35. The number of carbonyl (C=O) groups is 1. The average Bonchev–Trinajstić information content (AvgIpc) is 1.63. The van der Waals surface area contributed by atoms with Crippen molar-refractivity contribution in [1.29, 1.82) is 0 Å². The summed E-state index contributed by atoms with van der Waals surface area (Å²) in [5.41, 5.74) is 0. The summed E-state index contributed by atoms with van der Waals surface area (Å²) >= 11 is 0. The van der Waals surface area contributed by atoms with Gasteiger partial charge in [-0.3, -0.25) is 4.79 Å². The lowest BCUT2D eigenvalue weighted by Crippen LogP contribution is -2.10. The van der Waals surface area contributed by atoms with Crippen LogP contribution in [0.15, 0.2) is 0 Å². The maximum atomic E-state index is 11.5. The van der Waals surface area contributed by atoms with Crippen LogP contribution >= 0.6 is 0 Å². The van der Waals surface area contributed by atoms with Crippen LogP contribution in [0.25, 0.3) is 0 Å². The number of carbonyl (C=O) groups excluding carboxylic acids is 1. The predicted molar refractivity (Wildman–Crippen MR) is 30.5 cm³/mol. The van der Waals surface area contributed by atoms with Gasteiger partial charge in [0, 0.05) is 12.3 Å². The minimum Gasteiger partial charge on any atom is -0.300 e. The third kappa shape index (κ3) is 4.06. The van der Waals surface area contributed by atoms with Gasteiger partial charge < -0.3 is 0 Å². The van der Waals surface area contributed by atoms with E-state index in [1.165, 1.54) is 13.8 Å². The molecule has 0 aromatic carbocycles. The van der Waals surface area contributed by atoms with Crippen molar-refractivity contribution in [1.82, 2.24) is 0 Å². The number of halogens is 2. The SMILES string of the molecule is CC(=O)C(C)CC(F)F. The van der Waals surface area contributed by atoms with Crippen molar-refractivity contribution in [2.24, 2.45) is 5.92 Å². The molecule has 1 nitrogen and oxygen atoms in total. The highest BCUT2D eigenvalue weighted by molar-refractivity contribution is 5.77. The van der Waals surface area contributed by atoms with Crippen molar-refractivity contribution >= 4 is 5.78 Å². The summed E-state index contributed by atoms with van der Waals surface area (Å²) in [5, 5.41) is 0. The maximum Gasteiger partial charge on any atom is 0.239 e. The van der Waals surface area contributed by atoms with Crippen LogP contribution in [-0.4, -0.2) is 12.2 Å². The van der Waals surface area contributed by atoms with E-state index < -0.39 is 12.3 Å². The van der Waals surface area contributed by atoms with Crippen LogP contribution in [0, 0.1) is 5.92 Å². The van der Waals surface area contributed by atoms with Crippen LogP contribution in [0.3, 0.4) is 0 Å². The summed E-state index contributed by atoms with van der Waals surface area (Å²) in [6, 6.07) is 0. The highest BCUT2D eigenvalue weighted by atomic mass is 19.3. The van der Waals surface area contributed by atoms with E-state index in [0.29, 0.717) is 0 Å². The molecule has 3 heteroatoms. The highest BCUT2D eigenvalue weighted by Gasteiger charge is 2.13. The maximum absolute atomic E-state index is 11.5. The quantitative estimate of drug-likeness (QED) is 0.578. The highest BCUT2D eigenvalue weighted by Crippen LogP contribution is 2.10. The minimum atomic E-state index is -2.36. The molecule has 1 atom stereocenters. The van der Waals surface area contributed by atoms with Gasteiger partial charge in [-0.1, -0.05) is 6.92 Å². The van der Waals surface area contributed by atoms with Crippen molar-refractivity contribution < 1.29 is 13.6 Å². The number of ketones is 1. The molecular weight excluding hydrogens is 126 g/mol. The number of rotatable bonds is 3. The second-order valence-electron chi connectivity index (χ2n) is 2.14. The topological polar surface area (TPSA) is 17.1 Å². The van der Waals surface area contributed by atoms with Gasteiger partial charge in [0.1, 0.15) is 5.78 Å². The Morgan fingerprint density at radius 3 is 2.11 bits per heavy atom. The molecule has 54 valence electrons. The molecule has 0 saturated carbocycles. The van der Waals surface area contributed by atoms with E-state index in [9.17, 15) is 13.6 Å². The van der Waals surface area contributed by atoms with Gasteiger partial charge in [-0.25, -0.2) is 8.78 Å². The first-order chi connectivity index (χ1) is 4.04. The van der Waals surface area contributed by atoms with Gasteiger partial charge >= 0.3 is 0 Å². The van der Waals surface area contributed by atoms with Crippen molar-refractivity contribution in [2.45, 2.75) is 26.7 Å². The molecule has 0 aromatic heterocycles. The number of hydrogen-bond donors (Lipinski definition) is 0. The Bertz CT molecular complexity index is 101. The molecule has 0 N–H and O–H groups in total. The Balaban J connectivity index is 3.50. The molecule has 0 saturated heterocycles. The van der Waals surface area contributed by atoms with E-state index in [1.54, 1.807) is 0 Å². The van der Waals surface area contributed by atoms with Crippen LogP contribution in [0.5, 0.6) is 0 Å². The summed E-state index contributed by atoms with van der Waals surface area (Å²) in [6.45, 7) is 2.83. The molecule has 0 aliphatic carbocycles. The predicted octanol–water partition coefficient (Wildman–Crippen LogP) is 1.87. The number of Topliss-reactive ketones (excluding diaryl/α,β-unsaturated/α-hetero) is 1. The first kappa shape index (κ1) is 8.53. The summed E-state index contributed by atoms with van der Waals surface area (Å²) in [4.78, 5) is 10.3. The summed E-state index contributed by atoms with van der Waals surface area (Å²) in [7, 11) is 0. The molecule has 0 heterocycles. The molecule has 0 aliphatic rings. The molecule has 0 aliphatic heterocycles. The van der Waals surface area contributed by atoms with Gasteiger partial charge in [-0.15, -0.1) is 0 Å². The second kappa shape index (κ2) is 3.54. The largest absolute Gasteiger partial charge is 0.300 e. The van der Waals surface area contributed by atoms with E-state index in [1.807, 2.05) is 0 Å². The van der Waals surface area contributed by atoms with E-state index in [-0.39, 0.29) is 12.2 Å². The van der Waals surface area contributed by atoms with E-state index in [4.69, 9.17) is 0 Å². The fourth-order valence-electron chi connectivity index (χ4n) is 0.433. The first-order valence-corrected chi connectivity index (χ1v) is 2.82. The van der Waals surface area contributed by atoms with Gasteiger partial charge in [0.05, 0.1) is 0 Å². The third-order valence-electron chi connectivity index (χ3n) is 1.23. The van der Waals surface area contributed by atoms with Gasteiger partial charge in [0.15, 0.2) is 0 Å². The Morgan fingerprint density at radius 1 is 1.56 bits per heavy atom. The van der Waals surface area contributed by atoms with Crippen LogP contribution < -0.4 is 0 Å². The summed E-state index contributed by atoms with van der Waals surface area (Å²) in [6.07, 6.45) is -2.67. The van der Waals surface area contributed by atoms with Crippen molar-refractivity contribution in [3.05, 3.63) is 0 Å². The summed E-state index contributed by atoms with van der Waals surface area (Å²) < 4.78 is 23.0. The average molecular weight is 136 g/mol. The molecule has 0 aromatic rings. The normalized spacial score (nSPS) is 13.9. The standard InChI is InChI=1S/C6H10F2O/c1-4(5(2)9)3-6(7)8/h4,6H,3H2,1-2H3. The minimum absolute atomic E-state index is 0.171. The molecular formula is C6H10F2O. The zero-order chi connectivity index (χ0) is 7.44. The molecule has 0 spiro atoms. The zero-order valence-electron chi connectivity index (χ0n) is 5.53. The molecule has 0 rings (SSSR count). The molecule has 0 bridgehead atoms. The van der Waals surface area contributed by atoms with Crippen LogP contribution in [0.4, 0.5) is 8.78 Å². The fourth-order valence-corrected chi connectivity index (χ4v) is 0.433. The molecule has 0 radical (unpaired) electrons. The second-order valence-corrected chi connectivity index (χ2v) is 2.14. The van der Waals surface area contributed by atoms with Gasteiger partial charge in [0.2, 0.25) is 6.43 Å². The lowest BCUT2D eigenvalue weighted by Gasteiger charge is -2.03. The third-order valence-corrected chi connectivity index (χ3v) is 1.23. The van der Waals surface area contributed by atoms with Crippen molar-refractivity contribution in [3.63, 3.8) is 0 Å². The number of hydrogen-bond acceptors (Lipinski definition) is 1. The zero-order valence-corrected chi connectivity index (χ0v) is 5.53. The molecule has 0 fully saturated rings. The van der Waals surface area contributed by atoms with E-state index >= 15 is 0 Å². The molecule has 0 amide bonds. The van der Waals surface area contributed by atoms with E-state index in [2.05, 4.69) is 0 Å². The molecule has 1 unspecified atom stereocenters. The smallest absolute Gasteiger partial charge is 0.239 e. The van der Waals surface area contributed by atoms with Crippen molar-refractivity contribution in [2.75, 3.05) is 0 Å². The lowest BCUT2D eigenvalue weighted by atomic mass is 10.1. The summed E-state index contributed by atoms with van der Waals surface area (Å²) in [5.74, 6) is -0.666. The van der Waals surface area contributed by atoms with Crippen LogP contribution in [0.2, 0.25) is 0 Å². The fraction of sp³-hybridized carbons (Fsp3) is 0.833. The van der Waals surface area contributed by atoms with E-state index in [0.717, 1.165) is 0 Å². The monoisotopic (exact) mass is 136 g/mol. The van der Waals surface area contributed by atoms with Crippen molar-refractivity contribution in [3.8, 4) is 0 Å². The number of alkyl halides is 2. The Hall–Kier alpha value is -0.470.